The van der Waals surface area contributed by atoms with Crippen molar-refractivity contribution in [3.63, 3.8) is 0 Å². The first-order valence-electron chi connectivity index (χ1n) is 6.18. The molecule has 0 saturated carbocycles. The fraction of sp³-hybridized carbons (Fsp3) is 0.909. The van der Waals surface area contributed by atoms with Gasteiger partial charge in [0.15, 0.2) is 5.82 Å². The van der Waals surface area contributed by atoms with Crippen LogP contribution in [0, 0.1) is 5.92 Å². The first kappa shape index (κ1) is 14.1. The second-order valence-electron chi connectivity index (χ2n) is 4.52. The minimum Gasteiger partial charge on any atom is -0.383 e. The predicted molar refractivity (Wildman–Crippen MR) is 65.5 cm³/mol. The Kier molecular flexibility index (Phi) is 6.73. The Bertz CT molecular complexity index is 300. The van der Waals surface area contributed by atoms with Crippen molar-refractivity contribution in [2.24, 2.45) is 5.92 Å². The highest BCUT2D eigenvalue weighted by atomic mass is 16.5. The lowest BCUT2D eigenvalue weighted by Gasteiger charge is -2.07. The summed E-state index contributed by atoms with van der Waals surface area (Å²) < 4.78 is 6.84. The Morgan fingerprint density at radius 3 is 2.94 bits per heavy atom. The molecule has 0 unspecified atom stereocenters. The van der Waals surface area contributed by atoms with Gasteiger partial charge in [-0.25, -0.2) is 4.68 Å². The molecule has 1 aromatic heterocycles. The summed E-state index contributed by atoms with van der Waals surface area (Å²) in [6.07, 6.45) is 2.32. The van der Waals surface area contributed by atoms with E-state index in [4.69, 9.17) is 4.74 Å². The number of aryl methyl sites for hydroxylation is 1. The Labute approximate surface area is 103 Å². The number of tetrazole rings is 1. The highest BCUT2D eigenvalue weighted by Crippen LogP contribution is 2.05. The molecule has 0 bridgehead atoms. The van der Waals surface area contributed by atoms with Crippen LogP contribution in [0.15, 0.2) is 0 Å². The van der Waals surface area contributed by atoms with E-state index in [0.29, 0.717) is 13.2 Å². The zero-order valence-electron chi connectivity index (χ0n) is 11.0. The molecule has 6 nitrogen and oxygen atoms in total. The number of rotatable bonds is 9. The molecule has 0 spiro atoms. The average Bonchev–Trinajstić information content (AvgIpc) is 2.72. The first-order chi connectivity index (χ1) is 8.24. The Morgan fingerprint density at radius 2 is 2.24 bits per heavy atom. The Morgan fingerprint density at radius 1 is 1.41 bits per heavy atom. The normalized spacial score (nSPS) is 11.3. The summed E-state index contributed by atoms with van der Waals surface area (Å²) in [6, 6.07) is 0. The topological polar surface area (TPSA) is 64.9 Å². The molecule has 0 saturated heterocycles. The third-order valence-corrected chi connectivity index (χ3v) is 2.52. The Hall–Kier alpha value is -1.01. The van der Waals surface area contributed by atoms with E-state index in [9.17, 15) is 0 Å². The lowest BCUT2D eigenvalue weighted by Crippen LogP contribution is -2.21. The van der Waals surface area contributed by atoms with Crippen molar-refractivity contribution in [1.82, 2.24) is 25.5 Å². The highest BCUT2D eigenvalue weighted by Gasteiger charge is 2.05. The van der Waals surface area contributed by atoms with Crippen molar-refractivity contribution in [3.05, 3.63) is 5.82 Å². The van der Waals surface area contributed by atoms with Crippen molar-refractivity contribution < 1.29 is 4.74 Å². The molecule has 0 radical (unpaired) electrons. The van der Waals surface area contributed by atoms with Crippen LogP contribution in [0.4, 0.5) is 0 Å². The first-order valence-corrected chi connectivity index (χ1v) is 6.18. The van der Waals surface area contributed by atoms with E-state index >= 15 is 0 Å². The maximum absolute atomic E-state index is 4.96. The molecule has 98 valence electrons. The van der Waals surface area contributed by atoms with Crippen LogP contribution in [-0.4, -0.2) is 40.5 Å². The van der Waals surface area contributed by atoms with Crippen molar-refractivity contribution in [1.29, 1.82) is 0 Å². The van der Waals surface area contributed by atoms with Crippen LogP contribution in [0.5, 0.6) is 0 Å². The van der Waals surface area contributed by atoms with Gasteiger partial charge in [0, 0.05) is 20.2 Å². The zero-order valence-corrected chi connectivity index (χ0v) is 11.0. The second-order valence-corrected chi connectivity index (χ2v) is 4.52. The van der Waals surface area contributed by atoms with Crippen LogP contribution < -0.4 is 5.32 Å². The number of hydrogen-bond donors (Lipinski definition) is 1. The summed E-state index contributed by atoms with van der Waals surface area (Å²) in [6.45, 7) is 7.56. The van der Waals surface area contributed by atoms with Crippen molar-refractivity contribution in [2.75, 3.05) is 20.3 Å². The summed E-state index contributed by atoms with van der Waals surface area (Å²) in [4.78, 5) is 0. The number of methoxy groups -OCH3 is 1. The molecule has 0 aliphatic rings. The lowest BCUT2D eigenvalue weighted by atomic mass is 10.1. The molecule has 1 heterocycles. The monoisotopic (exact) mass is 241 g/mol. The van der Waals surface area contributed by atoms with Gasteiger partial charge in [-0.05, 0) is 29.2 Å². The van der Waals surface area contributed by atoms with E-state index in [0.717, 1.165) is 31.3 Å². The molecule has 1 aromatic rings. The van der Waals surface area contributed by atoms with Crippen LogP contribution >= 0.6 is 0 Å². The quantitative estimate of drug-likeness (QED) is 0.649. The number of hydrogen-bond acceptors (Lipinski definition) is 5. The molecule has 1 rings (SSSR count). The van der Waals surface area contributed by atoms with E-state index in [-0.39, 0.29) is 0 Å². The molecule has 0 aliphatic carbocycles. The van der Waals surface area contributed by atoms with Crippen molar-refractivity contribution in [2.45, 2.75) is 39.8 Å². The standard InChI is InChI=1S/C11H23N5O/c1-10(2)5-4-7-16-11(13-14-15-16)9-12-6-8-17-3/h10,12H,4-9H2,1-3H3. The maximum Gasteiger partial charge on any atom is 0.165 e. The number of ether oxygens (including phenoxy) is 1. The molecular weight excluding hydrogens is 218 g/mol. The van der Waals surface area contributed by atoms with E-state index in [1.165, 1.54) is 6.42 Å². The predicted octanol–water partition coefficient (Wildman–Crippen LogP) is 0.845. The van der Waals surface area contributed by atoms with Crippen LogP contribution in [-0.2, 0) is 17.8 Å². The van der Waals surface area contributed by atoms with Crippen molar-refractivity contribution >= 4 is 0 Å². The van der Waals surface area contributed by atoms with Gasteiger partial charge in [-0.15, -0.1) is 5.10 Å². The zero-order chi connectivity index (χ0) is 12.5. The fourth-order valence-corrected chi connectivity index (χ4v) is 1.55. The minimum absolute atomic E-state index is 0.692. The molecule has 0 aliphatic heterocycles. The van der Waals surface area contributed by atoms with Gasteiger partial charge in [0.2, 0.25) is 0 Å². The Balaban J connectivity index is 2.27. The van der Waals surface area contributed by atoms with Gasteiger partial charge in [-0.1, -0.05) is 13.8 Å². The van der Waals surface area contributed by atoms with E-state index in [1.807, 2.05) is 4.68 Å². The third kappa shape index (κ3) is 5.74. The average molecular weight is 241 g/mol. The largest absolute Gasteiger partial charge is 0.383 e. The van der Waals surface area contributed by atoms with Crippen LogP contribution in [0.3, 0.4) is 0 Å². The highest BCUT2D eigenvalue weighted by molar-refractivity contribution is 4.79. The number of aromatic nitrogens is 4. The molecule has 1 N–H and O–H groups in total. The van der Waals surface area contributed by atoms with Gasteiger partial charge in [0.1, 0.15) is 0 Å². The summed E-state index contributed by atoms with van der Waals surface area (Å²) >= 11 is 0. The number of nitrogens with one attached hydrogen (secondary N) is 1. The maximum atomic E-state index is 4.96. The van der Waals surface area contributed by atoms with Gasteiger partial charge in [0.05, 0.1) is 13.2 Å². The van der Waals surface area contributed by atoms with Crippen LogP contribution in [0.25, 0.3) is 0 Å². The van der Waals surface area contributed by atoms with Crippen LogP contribution in [0.2, 0.25) is 0 Å². The molecule has 0 amide bonds. The van der Waals surface area contributed by atoms with E-state index in [1.54, 1.807) is 7.11 Å². The third-order valence-electron chi connectivity index (χ3n) is 2.52. The van der Waals surface area contributed by atoms with Crippen LogP contribution in [0.1, 0.15) is 32.5 Å². The van der Waals surface area contributed by atoms with Gasteiger partial charge >= 0.3 is 0 Å². The lowest BCUT2D eigenvalue weighted by molar-refractivity contribution is 0.198. The summed E-state index contributed by atoms with van der Waals surface area (Å²) in [7, 11) is 1.69. The molecule has 0 atom stereocenters. The SMILES string of the molecule is COCCNCc1nnnn1CCCC(C)C. The molecule has 6 heteroatoms. The van der Waals surface area contributed by atoms with E-state index in [2.05, 4.69) is 34.7 Å². The molecule has 17 heavy (non-hydrogen) atoms. The fourth-order valence-electron chi connectivity index (χ4n) is 1.55. The smallest absolute Gasteiger partial charge is 0.165 e. The van der Waals surface area contributed by atoms with Gasteiger partial charge in [-0.2, -0.15) is 0 Å². The number of nitrogens with zero attached hydrogens (tertiary/aromatic N) is 4. The molecule has 0 fully saturated rings. The van der Waals surface area contributed by atoms with Crippen molar-refractivity contribution in [3.8, 4) is 0 Å². The second kappa shape index (κ2) is 8.14. The minimum atomic E-state index is 0.692. The van der Waals surface area contributed by atoms with E-state index < -0.39 is 0 Å². The summed E-state index contributed by atoms with van der Waals surface area (Å²) in [5.74, 6) is 1.62. The summed E-state index contributed by atoms with van der Waals surface area (Å²) in [5, 5.41) is 15.0. The molecular formula is C11H23N5O. The molecule has 0 aromatic carbocycles. The summed E-state index contributed by atoms with van der Waals surface area (Å²) in [5.41, 5.74) is 0. The van der Waals surface area contributed by atoms with Gasteiger partial charge < -0.3 is 10.1 Å². The van der Waals surface area contributed by atoms with Gasteiger partial charge in [0.25, 0.3) is 0 Å². The van der Waals surface area contributed by atoms with Gasteiger partial charge in [-0.3, -0.25) is 0 Å².